The third kappa shape index (κ3) is 4.58. The highest BCUT2D eigenvalue weighted by Gasteiger charge is 2.15. The molecule has 19 heavy (non-hydrogen) atoms. The summed E-state index contributed by atoms with van der Waals surface area (Å²) >= 11 is 5.87. The standard InChI is InChI=1S/C12H18ClN3O2S/c1-15(2)6-7-16(3)12(17)9-4-5-10(13)11(8-9)19(14)18/h4-5,8H,6-7,14H2,1-3H3. The number of rotatable bonds is 5. The molecule has 0 aliphatic rings. The minimum Gasteiger partial charge on any atom is -0.340 e. The highest BCUT2D eigenvalue weighted by Crippen LogP contribution is 2.20. The molecule has 2 N–H and O–H groups in total. The minimum absolute atomic E-state index is 0.148. The van der Waals surface area contributed by atoms with Crippen molar-refractivity contribution in [2.75, 3.05) is 34.2 Å². The normalized spacial score (nSPS) is 12.5. The van der Waals surface area contributed by atoms with Crippen LogP contribution in [-0.4, -0.2) is 54.1 Å². The Morgan fingerprint density at radius 2 is 1.95 bits per heavy atom. The van der Waals surface area contributed by atoms with Crippen LogP contribution in [-0.2, 0) is 11.0 Å². The molecule has 106 valence electrons. The van der Waals surface area contributed by atoms with Crippen LogP contribution in [0.4, 0.5) is 0 Å². The van der Waals surface area contributed by atoms with Gasteiger partial charge in [-0.05, 0) is 32.3 Å². The van der Waals surface area contributed by atoms with Crippen LogP contribution in [0.15, 0.2) is 23.1 Å². The van der Waals surface area contributed by atoms with Gasteiger partial charge in [0, 0.05) is 25.7 Å². The Balaban J connectivity index is 2.88. The molecule has 1 rings (SSSR count). The Morgan fingerprint density at radius 1 is 1.32 bits per heavy atom. The fourth-order valence-electron chi connectivity index (χ4n) is 1.46. The van der Waals surface area contributed by atoms with Crippen LogP contribution >= 0.6 is 11.6 Å². The maximum atomic E-state index is 12.2. The summed E-state index contributed by atoms with van der Waals surface area (Å²) in [5, 5.41) is 5.61. The zero-order chi connectivity index (χ0) is 14.6. The van der Waals surface area contributed by atoms with Gasteiger partial charge in [0.05, 0.1) is 9.92 Å². The van der Waals surface area contributed by atoms with E-state index in [1.165, 1.54) is 12.1 Å². The van der Waals surface area contributed by atoms with Crippen LogP contribution in [0.25, 0.3) is 0 Å². The van der Waals surface area contributed by atoms with E-state index in [0.29, 0.717) is 17.1 Å². The molecule has 1 unspecified atom stereocenters. The van der Waals surface area contributed by atoms with E-state index >= 15 is 0 Å². The highest BCUT2D eigenvalue weighted by molar-refractivity contribution is 7.82. The van der Waals surface area contributed by atoms with Crippen molar-refractivity contribution in [2.24, 2.45) is 5.14 Å². The lowest BCUT2D eigenvalue weighted by molar-refractivity contribution is 0.0786. The first-order valence-corrected chi connectivity index (χ1v) is 7.28. The fraction of sp³-hybridized carbons (Fsp3) is 0.417. The molecule has 0 heterocycles. The molecule has 1 aromatic carbocycles. The van der Waals surface area contributed by atoms with Crippen LogP contribution in [0, 0.1) is 0 Å². The molecule has 1 amide bonds. The van der Waals surface area contributed by atoms with Gasteiger partial charge < -0.3 is 9.80 Å². The summed E-state index contributed by atoms with van der Waals surface area (Å²) in [4.78, 5) is 16.0. The number of carbonyl (C=O) groups excluding carboxylic acids is 1. The molecule has 0 radical (unpaired) electrons. The van der Waals surface area contributed by atoms with E-state index < -0.39 is 11.0 Å². The Morgan fingerprint density at radius 3 is 2.47 bits per heavy atom. The molecule has 0 bridgehead atoms. The van der Waals surface area contributed by atoms with Gasteiger partial charge in [-0.15, -0.1) is 0 Å². The second-order valence-electron chi connectivity index (χ2n) is 4.47. The summed E-state index contributed by atoms with van der Waals surface area (Å²) in [5.74, 6) is -0.148. The molecule has 0 saturated heterocycles. The van der Waals surface area contributed by atoms with Crippen molar-refractivity contribution in [3.63, 3.8) is 0 Å². The maximum absolute atomic E-state index is 12.2. The van der Waals surface area contributed by atoms with Gasteiger partial charge >= 0.3 is 0 Å². The van der Waals surface area contributed by atoms with Gasteiger partial charge in [-0.2, -0.15) is 0 Å². The maximum Gasteiger partial charge on any atom is 0.253 e. The minimum atomic E-state index is -1.70. The van der Waals surface area contributed by atoms with E-state index in [1.54, 1.807) is 18.0 Å². The quantitative estimate of drug-likeness (QED) is 0.881. The van der Waals surface area contributed by atoms with E-state index in [9.17, 15) is 9.00 Å². The SMILES string of the molecule is CN(C)CCN(C)C(=O)c1ccc(Cl)c(S(N)=O)c1. The number of amides is 1. The Bertz CT molecular complexity index is 494. The van der Waals surface area contributed by atoms with Gasteiger partial charge in [0.2, 0.25) is 0 Å². The summed E-state index contributed by atoms with van der Waals surface area (Å²) < 4.78 is 11.3. The number of hydrogen-bond acceptors (Lipinski definition) is 3. The monoisotopic (exact) mass is 303 g/mol. The van der Waals surface area contributed by atoms with E-state index in [1.807, 2.05) is 19.0 Å². The van der Waals surface area contributed by atoms with Crippen molar-refractivity contribution in [2.45, 2.75) is 4.90 Å². The first kappa shape index (κ1) is 16.1. The van der Waals surface area contributed by atoms with Gasteiger partial charge in [-0.1, -0.05) is 11.6 Å². The molecule has 0 aromatic heterocycles. The lowest BCUT2D eigenvalue weighted by Gasteiger charge is -2.20. The summed E-state index contributed by atoms with van der Waals surface area (Å²) in [6.07, 6.45) is 0. The van der Waals surface area contributed by atoms with E-state index in [2.05, 4.69) is 0 Å². The molecular formula is C12H18ClN3O2S. The van der Waals surface area contributed by atoms with Gasteiger partial charge in [0.25, 0.3) is 5.91 Å². The number of nitrogens with two attached hydrogens (primary N) is 1. The molecule has 0 saturated carbocycles. The zero-order valence-electron chi connectivity index (χ0n) is 11.2. The molecule has 0 aliphatic carbocycles. The number of carbonyl (C=O) groups is 1. The van der Waals surface area contributed by atoms with Crippen molar-refractivity contribution in [1.29, 1.82) is 0 Å². The molecule has 1 atom stereocenters. The topological polar surface area (TPSA) is 66.6 Å². The van der Waals surface area contributed by atoms with Crippen LogP contribution in [0.3, 0.4) is 0 Å². The summed E-state index contributed by atoms with van der Waals surface area (Å²) in [6, 6.07) is 4.62. The van der Waals surface area contributed by atoms with Crippen LogP contribution < -0.4 is 5.14 Å². The predicted molar refractivity (Wildman–Crippen MR) is 77.6 cm³/mol. The first-order chi connectivity index (χ1) is 8.82. The van der Waals surface area contributed by atoms with E-state index in [4.69, 9.17) is 16.7 Å². The van der Waals surface area contributed by atoms with Crippen molar-refractivity contribution < 1.29 is 9.00 Å². The van der Waals surface area contributed by atoms with Gasteiger partial charge in [0.15, 0.2) is 0 Å². The number of halogens is 1. The second kappa shape index (κ2) is 7.00. The molecule has 0 aliphatic heterocycles. The van der Waals surface area contributed by atoms with Crippen molar-refractivity contribution in [1.82, 2.24) is 9.80 Å². The van der Waals surface area contributed by atoms with Crippen LogP contribution in [0.1, 0.15) is 10.4 Å². The lowest BCUT2D eigenvalue weighted by Crippen LogP contribution is -2.33. The summed E-state index contributed by atoms with van der Waals surface area (Å²) in [6.45, 7) is 1.38. The van der Waals surface area contributed by atoms with E-state index in [-0.39, 0.29) is 10.8 Å². The third-order valence-corrected chi connectivity index (χ3v) is 3.84. The summed E-state index contributed by atoms with van der Waals surface area (Å²) in [5.41, 5.74) is 0.430. The average molecular weight is 304 g/mol. The molecule has 5 nitrogen and oxygen atoms in total. The average Bonchev–Trinajstić information content (AvgIpc) is 2.35. The van der Waals surface area contributed by atoms with Crippen molar-refractivity contribution >= 4 is 28.5 Å². The number of benzene rings is 1. The second-order valence-corrected chi connectivity index (χ2v) is 5.91. The molecule has 0 fully saturated rings. The van der Waals surface area contributed by atoms with Gasteiger partial charge in [-0.25, -0.2) is 9.35 Å². The highest BCUT2D eigenvalue weighted by atomic mass is 35.5. The number of nitrogens with zero attached hydrogens (tertiary/aromatic N) is 2. The lowest BCUT2D eigenvalue weighted by atomic mass is 10.2. The first-order valence-electron chi connectivity index (χ1n) is 5.69. The smallest absolute Gasteiger partial charge is 0.253 e. The van der Waals surface area contributed by atoms with Crippen LogP contribution in [0.2, 0.25) is 5.02 Å². The Labute approximate surface area is 120 Å². The predicted octanol–water partition coefficient (Wildman–Crippen LogP) is 0.955. The molecular weight excluding hydrogens is 286 g/mol. The van der Waals surface area contributed by atoms with Gasteiger partial charge in [0.1, 0.15) is 11.0 Å². The van der Waals surface area contributed by atoms with Crippen molar-refractivity contribution in [3.05, 3.63) is 28.8 Å². The zero-order valence-corrected chi connectivity index (χ0v) is 12.8. The largest absolute Gasteiger partial charge is 0.340 e. The Hall–Kier alpha value is -0.950. The summed E-state index contributed by atoms with van der Waals surface area (Å²) in [7, 11) is 3.90. The molecule has 1 aromatic rings. The fourth-order valence-corrected chi connectivity index (χ4v) is 2.31. The van der Waals surface area contributed by atoms with Crippen LogP contribution in [0.5, 0.6) is 0 Å². The number of hydrogen-bond donors (Lipinski definition) is 1. The molecule has 0 spiro atoms. The van der Waals surface area contributed by atoms with E-state index in [0.717, 1.165) is 6.54 Å². The van der Waals surface area contributed by atoms with Gasteiger partial charge in [-0.3, -0.25) is 4.79 Å². The van der Waals surface area contributed by atoms with Crippen molar-refractivity contribution in [3.8, 4) is 0 Å². The number of likely N-dealkylation sites (N-methyl/N-ethyl adjacent to an activating group) is 2. The Kier molecular flexibility index (Phi) is 5.93. The molecule has 7 heteroatoms. The third-order valence-electron chi connectivity index (χ3n) is 2.62.